The fraction of sp³-hybridized carbons (Fsp3) is 0.639. The first-order valence-corrected chi connectivity index (χ1v) is 17.5. The maximum Gasteiger partial charge on any atom is 0.348 e. The Bertz CT molecular complexity index is 1370. The van der Waals surface area contributed by atoms with E-state index in [0.29, 0.717) is 34.9 Å². The fourth-order valence-electron chi connectivity index (χ4n) is 6.64. The molecular weight excluding hydrogens is 586 g/mol. The van der Waals surface area contributed by atoms with Crippen molar-refractivity contribution in [1.29, 1.82) is 0 Å². The van der Waals surface area contributed by atoms with Crippen molar-refractivity contribution in [2.45, 2.75) is 91.6 Å². The van der Waals surface area contributed by atoms with Crippen molar-refractivity contribution < 1.29 is 24.2 Å². The summed E-state index contributed by atoms with van der Waals surface area (Å²) in [4.78, 5) is 36.3. The van der Waals surface area contributed by atoms with E-state index in [-0.39, 0.29) is 28.2 Å². The van der Waals surface area contributed by atoms with Crippen LogP contribution < -0.4 is 9.64 Å². The standard InChI is InChI=1S/C36H49N3O5S/c1-25-5-9-28(10-6-25)34(40)39(31-22-30(13-15-36(2,3)4)45-33(31)35(41)42)29-11-7-26(8-12-29)24-44-32-21-27(14-16-37-32)23-38-17-19-43-20-18-38/h14,16,21-22,25-26,28-29H,5-12,17-20,23-24H2,1-4H3,(H,41,42). The molecule has 3 fully saturated rings. The number of aromatic nitrogens is 1. The molecule has 0 radical (unpaired) electrons. The van der Waals surface area contributed by atoms with Crippen molar-refractivity contribution in [2.24, 2.45) is 23.2 Å². The first kappa shape index (κ1) is 33.4. The van der Waals surface area contributed by atoms with E-state index in [1.807, 2.05) is 50.1 Å². The molecule has 0 unspecified atom stereocenters. The number of anilines is 1. The van der Waals surface area contributed by atoms with Gasteiger partial charge in [0.1, 0.15) is 4.88 Å². The third kappa shape index (κ3) is 9.31. The van der Waals surface area contributed by atoms with Crippen molar-refractivity contribution in [3.63, 3.8) is 0 Å². The van der Waals surface area contributed by atoms with Crippen LogP contribution in [0.15, 0.2) is 24.4 Å². The Kier molecular flexibility index (Phi) is 11.2. The van der Waals surface area contributed by atoms with Crippen LogP contribution >= 0.6 is 11.3 Å². The Morgan fingerprint density at radius 2 is 1.80 bits per heavy atom. The van der Waals surface area contributed by atoms with E-state index in [0.717, 1.165) is 84.2 Å². The second-order valence-corrected chi connectivity index (χ2v) is 15.2. The summed E-state index contributed by atoms with van der Waals surface area (Å²) in [7, 11) is 0. The van der Waals surface area contributed by atoms with Crippen LogP contribution in [0.5, 0.6) is 5.88 Å². The highest BCUT2D eigenvalue weighted by atomic mass is 32.1. The normalized spacial score (nSPS) is 24.4. The van der Waals surface area contributed by atoms with Gasteiger partial charge in [0.05, 0.1) is 30.4 Å². The van der Waals surface area contributed by atoms with Gasteiger partial charge in [-0.3, -0.25) is 9.69 Å². The van der Waals surface area contributed by atoms with E-state index in [2.05, 4.69) is 28.6 Å². The molecule has 2 aromatic rings. The molecule has 3 heterocycles. The molecule has 2 aliphatic carbocycles. The molecule has 0 spiro atoms. The average molecular weight is 636 g/mol. The molecule has 0 atom stereocenters. The van der Waals surface area contributed by atoms with Gasteiger partial charge in [-0.1, -0.05) is 18.8 Å². The minimum atomic E-state index is -1.00. The molecule has 244 valence electrons. The van der Waals surface area contributed by atoms with Gasteiger partial charge in [0.15, 0.2) is 0 Å². The van der Waals surface area contributed by atoms with Gasteiger partial charge in [-0.05, 0) is 102 Å². The number of carbonyl (C=O) groups excluding carboxylic acids is 1. The summed E-state index contributed by atoms with van der Waals surface area (Å²) in [5, 5.41) is 10.2. The number of ether oxygens (including phenoxy) is 2. The third-order valence-electron chi connectivity index (χ3n) is 9.29. The topological polar surface area (TPSA) is 92.2 Å². The highest BCUT2D eigenvalue weighted by molar-refractivity contribution is 7.15. The van der Waals surface area contributed by atoms with Gasteiger partial charge in [-0.15, -0.1) is 11.3 Å². The monoisotopic (exact) mass is 635 g/mol. The van der Waals surface area contributed by atoms with Crippen molar-refractivity contribution in [2.75, 3.05) is 37.8 Å². The summed E-state index contributed by atoms with van der Waals surface area (Å²) in [5.74, 6) is 7.06. The number of hydrogen-bond acceptors (Lipinski definition) is 7. The van der Waals surface area contributed by atoms with Crippen LogP contribution in [0.3, 0.4) is 0 Å². The lowest BCUT2D eigenvalue weighted by atomic mass is 9.81. The van der Waals surface area contributed by atoms with Crippen LogP contribution in [0.4, 0.5) is 5.69 Å². The number of carboxylic acid groups (broad SMARTS) is 1. The van der Waals surface area contributed by atoms with Crippen molar-refractivity contribution >= 4 is 28.9 Å². The van der Waals surface area contributed by atoms with Gasteiger partial charge in [-0.25, -0.2) is 9.78 Å². The number of aromatic carboxylic acids is 1. The van der Waals surface area contributed by atoms with Gasteiger partial charge in [0, 0.05) is 49.3 Å². The number of carbonyl (C=O) groups is 2. The number of rotatable bonds is 9. The average Bonchev–Trinajstić information content (AvgIpc) is 3.45. The summed E-state index contributed by atoms with van der Waals surface area (Å²) in [5.41, 5.74) is 1.51. The van der Waals surface area contributed by atoms with E-state index in [1.54, 1.807) is 0 Å². The minimum Gasteiger partial charge on any atom is -0.477 e. The maximum atomic E-state index is 14.2. The molecule has 45 heavy (non-hydrogen) atoms. The zero-order valence-corrected chi connectivity index (χ0v) is 28.2. The predicted octanol–water partition coefficient (Wildman–Crippen LogP) is 6.87. The minimum absolute atomic E-state index is 0.0424. The maximum absolute atomic E-state index is 14.2. The smallest absolute Gasteiger partial charge is 0.348 e. The molecule has 5 rings (SSSR count). The molecule has 1 aliphatic heterocycles. The highest BCUT2D eigenvalue weighted by Gasteiger charge is 2.37. The van der Waals surface area contributed by atoms with Gasteiger partial charge >= 0.3 is 5.97 Å². The van der Waals surface area contributed by atoms with Crippen LogP contribution in [0, 0.1) is 35.0 Å². The molecule has 0 bridgehead atoms. The molecule has 8 nitrogen and oxygen atoms in total. The Balaban J connectivity index is 1.27. The van der Waals surface area contributed by atoms with E-state index in [1.165, 1.54) is 16.9 Å². The largest absolute Gasteiger partial charge is 0.477 e. The Labute approximate surface area is 272 Å². The summed E-state index contributed by atoms with van der Waals surface area (Å²) in [6.45, 7) is 13.2. The van der Waals surface area contributed by atoms with Gasteiger partial charge in [-0.2, -0.15) is 0 Å². The molecule has 1 saturated heterocycles. The van der Waals surface area contributed by atoms with E-state index in [4.69, 9.17) is 9.47 Å². The van der Waals surface area contributed by atoms with Crippen LogP contribution in [-0.4, -0.2) is 65.8 Å². The summed E-state index contributed by atoms with van der Waals surface area (Å²) in [6, 6.07) is 5.89. The summed E-state index contributed by atoms with van der Waals surface area (Å²) in [6.07, 6.45) is 9.05. The fourth-order valence-corrected chi connectivity index (χ4v) is 7.48. The zero-order valence-electron chi connectivity index (χ0n) is 27.3. The summed E-state index contributed by atoms with van der Waals surface area (Å²) < 4.78 is 11.7. The molecule has 1 N–H and O–H groups in total. The highest BCUT2D eigenvalue weighted by Crippen LogP contribution is 2.39. The first-order valence-electron chi connectivity index (χ1n) is 16.7. The number of hydrogen-bond donors (Lipinski definition) is 1. The molecule has 2 aromatic heterocycles. The van der Waals surface area contributed by atoms with Crippen LogP contribution in [0.2, 0.25) is 0 Å². The molecule has 1 amide bonds. The first-order chi connectivity index (χ1) is 21.6. The second kappa shape index (κ2) is 15.1. The van der Waals surface area contributed by atoms with Crippen LogP contribution in [0.25, 0.3) is 0 Å². The zero-order chi connectivity index (χ0) is 32.0. The summed E-state index contributed by atoms with van der Waals surface area (Å²) >= 11 is 1.18. The lowest BCUT2D eigenvalue weighted by molar-refractivity contribution is -0.124. The van der Waals surface area contributed by atoms with Gasteiger partial charge in [0.2, 0.25) is 11.8 Å². The van der Waals surface area contributed by atoms with E-state index >= 15 is 0 Å². The van der Waals surface area contributed by atoms with Gasteiger partial charge in [0.25, 0.3) is 0 Å². The Morgan fingerprint density at radius 1 is 1.09 bits per heavy atom. The number of nitrogens with zero attached hydrogens (tertiary/aromatic N) is 3. The molecular formula is C36H49N3O5S. The Morgan fingerprint density at radius 3 is 2.47 bits per heavy atom. The van der Waals surface area contributed by atoms with Crippen LogP contribution in [0.1, 0.15) is 99.2 Å². The number of pyridine rings is 1. The van der Waals surface area contributed by atoms with E-state index < -0.39 is 5.97 Å². The Hall–Kier alpha value is -2.93. The molecule has 0 aromatic carbocycles. The number of thiophene rings is 1. The number of amides is 1. The quantitative estimate of drug-likeness (QED) is 0.301. The number of carboxylic acids is 1. The molecule has 9 heteroatoms. The second-order valence-electron chi connectivity index (χ2n) is 14.2. The van der Waals surface area contributed by atoms with Gasteiger partial charge < -0.3 is 19.5 Å². The lowest BCUT2D eigenvalue weighted by Crippen LogP contribution is -2.46. The third-order valence-corrected chi connectivity index (χ3v) is 10.3. The van der Waals surface area contributed by atoms with Crippen molar-refractivity contribution in [3.8, 4) is 17.7 Å². The SMILES string of the molecule is CC1CCC(C(=O)N(c2cc(C#CC(C)(C)C)sc2C(=O)O)C2CCC(COc3cc(CN4CCOCC4)ccn3)CC2)CC1. The predicted molar refractivity (Wildman–Crippen MR) is 178 cm³/mol. The molecule has 2 saturated carbocycles. The van der Waals surface area contributed by atoms with Crippen molar-refractivity contribution in [1.82, 2.24) is 9.88 Å². The lowest BCUT2D eigenvalue weighted by Gasteiger charge is -2.39. The number of morpholine rings is 1. The van der Waals surface area contributed by atoms with E-state index in [9.17, 15) is 14.7 Å². The molecule has 3 aliphatic rings. The van der Waals surface area contributed by atoms with Crippen LogP contribution in [-0.2, 0) is 16.1 Å². The van der Waals surface area contributed by atoms with Crippen molar-refractivity contribution in [3.05, 3.63) is 39.7 Å².